The molecule has 1 atom stereocenters. The van der Waals surface area contributed by atoms with Crippen molar-refractivity contribution in [3.63, 3.8) is 0 Å². The predicted octanol–water partition coefficient (Wildman–Crippen LogP) is 4.25. The fourth-order valence-electron chi connectivity index (χ4n) is 4.05. The van der Waals surface area contributed by atoms with Crippen LogP contribution >= 0.6 is 11.8 Å². The van der Waals surface area contributed by atoms with Crippen molar-refractivity contribution >= 4 is 22.7 Å². The highest BCUT2D eigenvalue weighted by molar-refractivity contribution is 7.98. The number of nitrogens with one attached hydrogen (secondary N) is 1. The lowest BCUT2D eigenvalue weighted by molar-refractivity contribution is 0.0787. The number of hydrogen-bond acceptors (Lipinski definition) is 6. The van der Waals surface area contributed by atoms with Crippen molar-refractivity contribution in [2.75, 3.05) is 12.9 Å². The number of hydrogen-bond donors (Lipinski definition) is 1. The quantitative estimate of drug-likeness (QED) is 0.417. The summed E-state index contributed by atoms with van der Waals surface area (Å²) >= 11 is 1.66. The predicted molar refractivity (Wildman–Crippen MR) is 131 cm³/mol. The number of benzene rings is 2. The van der Waals surface area contributed by atoms with E-state index in [1.54, 1.807) is 18.0 Å². The Hall–Kier alpha value is -3.29. The van der Waals surface area contributed by atoms with Crippen LogP contribution in [0.5, 0.6) is 11.5 Å². The average Bonchev–Trinajstić information content (AvgIpc) is 2.86. The van der Waals surface area contributed by atoms with Gasteiger partial charge in [0.25, 0.3) is 5.56 Å². The number of fused-ring (bicyclic) bond motifs is 2. The Morgan fingerprint density at radius 1 is 1.09 bits per heavy atom. The molecule has 3 heterocycles. The molecule has 4 aromatic rings. The first-order valence-electron chi connectivity index (χ1n) is 10.9. The number of pyridine rings is 2. The summed E-state index contributed by atoms with van der Waals surface area (Å²) in [6, 6.07) is 19.8. The van der Waals surface area contributed by atoms with E-state index in [4.69, 9.17) is 9.47 Å². The Labute approximate surface area is 196 Å². The van der Waals surface area contributed by atoms with E-state index in [1.165, 1.54) is 0 Å². The summed E-state index contributed by atoms with van der Waals surface area (Å²) < 4.78 is 13.9. The Bertz CT molecular complexity index is 1320. The summed E-state index contributed by atoms with van der Waals surface area (Å²) in [7, 11) is 0. The minimum atomic E-state index is -0.252. The fraction of sp³-hybridized carbons (Fsp3) is 0.231. The molecule has 0 unspecified atom stereocenters. The van der Waals surface area contributed by atoms with Crippen LogP contribution in [0.25, 0.3) is 10.9 Å². The molecule has 0 spiro atoms. The first-order chi connectivity index (χ1) is 16.2. The molecule has 0 bridgehead atoms. The second-order valence-corrected chi connectivity index (χ2v) is 8.85. The van der Waals surface area contributed by atoms with Crippen molar-refractivity contribution in [2.24, 2.45) is 0 Å². The van der Waals surface area contributed by atoms with Crippen LogP contribution in [0.2, 0.25) is 0 Å². The lowest BCUT2D eigenvalue weighted by atomic mass is 10.1. The first kappa shape index (κ1) is 21.6. The molecule has 0 fully saturated rings. The molecule has 0 aliphatic carbocycles. The molecular weight excluding hydrogens is 434 g/mol. The van der Waals surface area contributed by atoms with Gasteiger partial charge in [-0.15, -0.1) is 11.8 Å². The van der Waals surface area contributed by atoms with Crippen LogP contribution in [-0.2, 0) is 19.6 Å². The maximum absolute atomic E-state index is 13.6. The van der Waals surface area contributed by atoms with Gasteiger partial charge in [-0.25, -0.2) is 0 Å². The maximum atomic E-state index is 13.6. The third-order valence-electron chi connectivity index (χ3n) is 5.70. The summed E-state index contributed by atoms with van der Waals surface area (Å²) in [6.07, 6.45) is 5.37. The fourth-order valence-corrected chi connectivity index (χ4v) is 4.48. The van der Waals surface area contributed by atoms with Crippen molar-refractivity contribution in [1.82, 2.24) is 14.9 Å². The second-order valence-electron chi connectivity index (χ2n) is 7.97. The van der Waals surface area contributed by atoms with Crippen LogP contribution in [0.15, 0.2) is 82.7 Å². The summed E-state index contributed by atoms with van der Waals surface area (Å²) in [6.45, 7) is 1.93. The summed E-state index contributed by atoms with van der Waals surface area (Å²) in [5.74, 6) is 1.45. The number of nitrogens with zero attached hydrogens (tertiary/aromatic N) is 2. The molecule has 0 saturated heterocycles. The number of para-hydroxylation sites is 2. The molecule has 168 valence electrons. The van der Waals surface area contributed by atoms with E-state index in [0.717, 1.165) is 32.7 Å². The molecule has 0 saturated carbocycles. The monoisotopic (exact) mass is 459 g/mol. The Morgan fingerprint density at radius 3 is 2.79 bits per heavy atom. The van der Waals surface area contributed by atoms with Gasteiger partial charge in [-0.3, -0.25) is 9.78 Å². The normalized spacial score (nSPS) is 15.0. The molecule has 2 aromatic carbocycles. The highest BCUT2D eigenvalue weighted by Gasteiger charge is 2.23. The van der Waals surface area contributed by atoms with E-state index in [-0.39, 0.29) is 11.7 Å². The van der Waals surface area contributed by atoms with Crippen LogP contribution in [0.1, 0.15) is 11.1 Å². The van der Waals surface area contributed by atoms with E-state index < -0.39 is 0 Å². The maximum Gasteiger partial charge on any atom is 0.255 e. The summed E-state index contributed by atoms with van der Waals surface area (Å²) in [5, 5.41) is 4.41. The molecule has 5 rings (SSSR count). The van der Waals surface area contributed by atoms with Gasteiger partial charge in [0.15, 0.2) is 17.6 Å². The van der Waals surface area contributed by atoms with Crippen LogP contribution in [0, 0.1) is 0 Å². The number of thioether (sulfide) groups is 1. The Balaban J connectivity index is 1.44. The molecule has 0 amide bonds. The molecule has 1 aliphatic rings. The van der Waals surface area contributed by atoms with Crippen molar-refractivity contribution in [3.05, 3.63) is 94.5 Å². The molecule has 33 heavy (non-hydrogen) atoms. The Kier molecular flexibility index (Phi) is 6.32. The zero-order chi connectivity index (χ0) is 22.6. The molecule has 2 aromatic heterocycles. The van der Waals surface area contributed by atoms with Gasteiger partial charge >= 0.3 is 0 Å². The lowest BCUT2D eigenvalue weighted by Crippen LogP contribution is -2.38. The largest absolute Gasteiger partial charge is 0.486 e. The van der Waals surface area contributed by atoms with Gasteiger partial charge in [-0.05, 0) is 53.6 Å². The van der Waals surface area contributed by atoms with Gasteiger partial charge in [0.2, 0.25) is 0 Å². The van der Waals surface area contributed by atoms with Crippen LogP contribution < -0.4 is 20.3 Å². The minimum absolute atomic E-state index is 0.0121. The number of rotatable bonds is 7. The number of aromatic nitrogens is 2. The third kappa shape index (κ3) is 4.74. The lowest BCUT2D eigenvalue weighted by Gasteiger charge is -2.27. The summed E-state index contributed by atoms with van der Waals surface area (Å²) in [4.78, 5) is 18.8. The topological polar surface area (TPSA) is 65.4 Å². The highest BCUT2D eigenvalue weighted by atomic mass is 32.2. The second kappa shape index (κ2) is 9.68. The minimum Gasteiger partial charge on any atom is -0.486 e. The SMILES string of the molecule is CSc1ccc2cc(CNCc3cccnc3)c(=O)n(C[C@@H]3COc4ccccc4O3)c2c1. The van der Waals surface area contributed by atoms with Crippen molar-refractivity contribution in [2.45, 2.75) is 30.6 Å². The van der Waals surface area contributed by atoms with E-state index in [2.05, 4.69) is 28.5 Å². The van der Waals surface area contributed by atoms with Crippen LogP contribution in [0.4, 0.5) is 0 Å². The van der Waals surface area contributed by atoms with Crippen molar-refractivity contribution < 1.29 is 9.47 Å². The standard InChI is InChI=1S/C26H25N3O3S/c1-33-22-9-8-19-11-20(15-28-14-18-5-4-10-27-13-18)26(30)29(23(19)12-22)16-21-17-31-24-6-2-3-7-25(24)32-21/h2-13,21,28H,14-17H2,1H3/t21-/m1/s1. The summed E-state index contributed by atoms with van der Waals surface area (Å²) in [5.41, 5.74) is 2.70. The van der Waals surface area contributed by atoms with E-state index in [0.29, 0.717) is 32.0 Å². The van der Waals surface area contributed by atoms with Gasteiger partial charge in [0.1, 0.15) is 6.61 Å². The average molecular weight is 460 g/mol. The molecule has 7 heteroatoms. The van der Waals surface area contributed by atoms with Crippen molar-refractivity contribution in [1.29, 1.82) is 0 Å². The molecule has 6 nitrogen and oxygen atoms in total. The number of ether oxygens (including phenoxy) is 2. The van der Waals surface area contributed by atoms with Gasteiger partial charge < -0.3 is 19.4 Å². The van der Waals surface area contributed by atoms with Crippen molar-refractivity contribution in [3.8, 4) is 11.5 Å². The molecule has 1 aliphatic heterocycles. The smallest absolute Gasteiger partial charge is 0.255 e. The van der Waals surface area contributed by atoms with E-state index >= 15 is 0 Å². The van der Waals surface area contributed by atoms with E-state index in [1.807, 2.05) is 59.5 Å². The molecular formula is C26H25N3O3S. The molecule has 1 N–H and O–H groups in total. The van der Waals surface area contributed by atoms with Crippen LogP contribution in [-0.4, -0.2) is 28.5 Å². The van der Waals surface area contributed by atoms with Gasteiger partial charge in [-0.1, -0.05) is 24.3 Å². The van der Waals surface area contributed by atoms with Gasteiger partial charge in [0.05, 0.1) is 12.1 Å². The van der Waals surface area contributed by atoms with Gasteiger partial charge in [0, 0.05) is 35.9 Å². The highest BCUT2D eigenvalue weighted by Crippen LogP contribution is 2.31. The zero-order valence-electron chi connectivity index (χ0n) is 18.4. The van der Waals surface area contributed by atoms with Crippen LogP contribution in [0.3, 0.4) is 0 Å². The van der Waals surface area contributed by atoms with E-state index in [9.17, 15) is 4.79 Å². The van der Waals surface area contributed by atoms with Gasteiger partial charge in [-0.2, -0.15) is 0 Å². The Morgan fingerprint density at radius 2 is 1.97 bits per heavy atom. The zero-order valence-corrected chi connectivity index (χ0v) is 19.2. The molecule has 0 radical (unpaired) electrons. The first-order valence-corrected chi connectivity index (χ1v) is 12.1. The third-order valence-corrected chi connectivity index (χ3v) is 6.42.